The highest BCUT2D eigenvalue weighted by Crippen LogP contribution is 2.32. The topological polar surface area (TPSA) is 134 Å². The number of methoxy groups -OCH3 is 1. The number of para-hydroxylation sites is 1. The Morgan fingerprint density at radius 2 is 1.11 bits per heavy atom. The summed E-state index contributed by atoms with van der Waals surface area (Å²) in [6, 6.07) is 14.5. The Labute approximate surface area is 268 Å². The van der Waals surface area contributed by atoms with Crippen LogP contribution in [0, 0.1) is 0 Å². The van der Waals surface area contributed by atoms with Crippen LogP contribution >= 0.6 is 0 Å². The largest absolute Gasteiger partial charge is 0.496 e. The summed E-state index contributed by atoms with van der Waals surface area (Å²) < 4.78 is 26.2. The minimum Gasteiger partial charge on any atom is -0.496 e. The zero-order chi connectivity index (χ0) is 33.5. The average molecular weight is 636 g/mol. The molecule has 2 aromatic carbocycles. The van der Waals surface area contributed by atoms with E-state index >= 15 is 0 Å². The number of carbonyl (C=O) groups excluding carboxylic acids is 4. The number of rotatable bonds is 17. The summed E-state index contributed by atoms with van der Waals surface area (Å²) in [6.07, 6.45) is 3.55. The Hall–Kier alpha value is -5.13. The van der Waals surface area contributed by atoms with E-state index in [4.69, 9.17) is 28.7 Å². The fourth-order valence-corrected chi connectivity index (χ4v) is 4.72. The summed E-state index contributed by atoms with van der Waals surface area (Å²) in [7, 11) is 1.53. The van der Waals surface area contributed by atoms with Crippen LogP contribution in [0.3, 0.4) is 0 Å². The Kier molecular flexibility index (Phi) is 13.8. The lowest BCUT2D eigenvalue weighted by atomic mass is 10.1. The standard InChI is InChI=1S/C34H41N3O9/c1-6-43-30(38)20-36(21-31(39)44-7-2)27-13-11-15-29(42-5)26(27)19-18-25-17-16-24-12-10-14-28(34(24)35-25)37(22-32(40)45-8-3)23-33(41)46-9-4/h10-19H,6-9,20-23H2,1-5H3. The lowest BCUT2D eigenvalue weighted by Crippen LogP contribution is -2.36. The molecule has 0 radical (unpaired) electrons. The smallest absolute Gasteiger partial charge is 0.325 e. The number of ether oxygens (including phenoxy) is 5. The fourth-order valence-electron chi connectivity index (χ4n) is 4.72. The van der Waals surface area contributed by atoms with Gasteiger partial charge in [0, 0.05) is 16.6 Å². The van der Waals surface area contributed by atoms with E-state index in [0.29, 0.717) is 33.9 Å². The first-order valence-corrected chi connectivity index (χ1v) is 15.1. The summed E-state index contributed by atoms with van der Waals surface area (Å²) >= 11 is 0. The molecule has 0 amide bonds. The zero-order valence-corrected chi connectivity index (χ0v) is 26.9. The van der Waals surface area contributed by atoms with Crippen molar-refractivity contribution in [1.82, 2.24) is 4.98 Å². The van der Waals surface area contributed by atoms with Crippen LogP contribution in [0.5, 0.6) is 5.75 Å². The number of nitrogens with zero attached hydrogens (tertiary/aromatic N) is 3. The van der Waals surface area contributed by atoms with Gasteiger partial charge in [-0.1, -0.05) is 24.3 Å². The molecular formula is C34H41N3O9. The van der Waals surface area contributed by atoms with Crippen molar-refractivity contribution >= 4 is 58.3 Å². The summed E-state index contributed by atoms with van der Waals surface area (Å²) in [4.78, 5) is 57.9. The van der Waals surface area contributed by atoms with Gasteiger partial charge in [0.2, 0.25) is 0 Å². The molecule has 1 aromatic heterocycles. The minimum absolute atomic E-state index is 0.172. The maximum Gasteiger partial charge on any atom is 0.325 e. The number of hydrogen-bond donors (Lipinski definition) is 0. The number of carbonyl (C=O) groups is 4. The van der Waals surface area contributed by atoms with Gasteiger partial charge >= 0.3 is 23.9 Å². The maximum absolute atomic E-state index is 12.5. The summed E-state index contributed by atoms with van der Waals surface area (Å²) in [5.74, 6) is -1.47. The summed E-state index contributed by atoms with van der Waals surface area (Å²) in [6.45, 7) is 6.94. The molecule has 12 nitrogen and oxygen atoms in total. The molecule has 0 N–H and O–H groups in total. The molecule has 0 aliphatic carbocycles. The first kappa shape index (κ1) is 35.4. The molecule has 0 saturated carbocycles. The van der Waals surface area contributed by atoms with Gasteiger partial charge in [-0.3, -0.25) is 19.2 Å². The Morgan fingerprint density at radius 1 is 0.630 bits per heavy atom. The van der Waals surface area contributed by atoms with Crippen LogP contribution in [0.4, 0.5) is 11.4 Å². The maximum atomic E-state index is 12.5. The molecule has 0 fully saturated rings. The monoisotopic (exact) mass is 635 g/mol. The van der Waals surface area contributed by atoms with Crippen LogP contribution in [0.25, 0.3) is 23.1 Å². The Bertz CT molecular complexity index is 1500. The highest BCUT2D eigenvalue weighted by atomic mass is 16.5. The van der Waals surface area contributed by atoms with Gasteiger partial charge in [-0.15, -0.1) is 0 Å². The van der Waals surface area contributed by atoms with Crippen molar-refractivity contribution in [2.45, 2.75) is 27.7 Å². The molecule has 3 aromatic rings. The predicted octanol–water partition coefficient (Wildman–Crippen LogP) is 4.28. The predicted molar refractivity (Wildman–Crippen MR) is 175 cm³/mol. The van der Waals surface area contributed by atoms with E-state index in [-0.39, 0.29) is 52.6 Å². The van der Waals surface area contributed by atoms with Crippen molar-refractivity contribution in [2.24, 2.45) is 0 Å². The number of anilines is 2. The van der Waals surface area contributed by atoms with E-state index in [9.17, 15) is 19.2 Å². The molecule has 0 unspecified atom stereocenters. The van der Waals surface area contributed by atoms with E-state index in [1.165, 1.54) is 7.11 Å². The van der Waals surface area contributed by atoms with Crippen molar-refractivity contribution in [3.8, 4) is 5.75 Å². The molecule has 46 heavy (non-hydrogen) atoms. The molecule has 0 atom stereocenters. The van der Waals surface area contributed by atoms with Gasteiger partial charge in [0.1, 0.15) is 31.9 Å². The number of benzene rings is 2. The van der Waals surface area contributed by atoms with Gasteiger partial charge in [0.05, 0.1) is 50.4 Å². The third kappa shape index (κ3) is 9.94. The molecule has 3 rings (SSSR count). The quantitative estimate of drug-likeness (QED) is 0.155. The molecule has 0 aliphatic rings. The number of fused-ring (bicyclic) bond motifs is 1. The van der Waals surface area contributed by atoms with Gasteiger partial charge in [-0.25, -0.2) is 4.98 Å². The highest BCUT2D eigenvalue weighted by Gasteiger charge is 2.22. The first-order chi connectivity index (χ1) is 22.2. The minimum atomic E-state index is -0.497. The third-order valence-corrected chi connectivity index (χ3v) is 6.59. The van der Waals surface area contributed by atoms with Gasteiger partial charge in [0.25, 0.3) is 0 Å². The SMILES string of the molecule is CCOC(=O)CN(CC(=O)OCC)c1cccc(OC)c1C=Cc1ccc2cccc(N(CC(=O)OCC)CC(=O)OCC)c2n1. The van der Waals surface area contributed by atoms with E-state index in [1.54, 1.807) is 73.9 Å². The number of aromatic nitrogens is 1. The molecule has 0 aliphatic heterocycles. The summed E-state index contributed by atoms with van der Waals surface area (Å²) in [5, 5.41) is 0.792. The normalized spacial score (nSPS) is 10.8. The molecule has 0 bridgehead atoms. The Morgan fingerprint density at radius 3 is 1.61 bits per heavy atom. The molecule has 246 valence electrons. The highest BCUT2D eigenvalue weighted by molar-refractivity contribution is 5.95. The van der Waals surface area contributed by atoms with Crippen molar-refractivity contribution in [3.63, 3.8) is 0 Å². The number of pyridine rings is 1. The van der Waals surface area contributed by atoms with Crippen molar-refractivity contribution in [2.75, 3.05) is 69.5 Å². The van der Waals surface area contributed by atoms with Crippen LogP contribution in [-0.4, -0.2) is 88.6 Å². The van der Waals surface area contributed by atoms with E-state index < -0.39 is 23.9 Å². The molecule has 0 spiro atoms. The van der Waals surface area contributed by atoms with E-state index in [2.05, 4.69) is 0 Å². The molecule has 0 saturated heterocycles. The lowest BCUT2D eigenvalue weighted by Gasteiger charge is -2.25. The Balaban J connectivity index is 2.07. The molecular weight excluding hydrogens is 594 g/mol. The first-order valence-electron chi connectivity index (χ1n) is 15.1. The average Bonchev–Trinajstić information content (AvgIpc) is 3.03. The van der Waals surface area contributed by atoms with Gasteiger partial charge in [-0.05, 0) is 64.1 Å². The van der Waals surface area contributed by atoms with Gasteiger partial charge < -0.3 is 33.5 Å². The van der Waals surface area contributed by atoms with Crippen LogP contribution in [-0.2, 0) is 38.1 Å². The second-order valence-electron chi connectivity index (χ2n) is 9.74. The van der Waals surface area contributed by atoms with Crippen molar-refractivity contribution < 1.29 is 42.9 Å². The fraction of sp³-hybridized carbons (Fsp3) is 0.382. The summed E-state index contributed by atoms with van der Waals surface area (Å²) in [5.41, 5.74) is 2.83. The van der Waals surface area contributed by atoms with Crippen LogP contribution in [0.15, 0.2) is 48.5 Å². The van der Waals surface area contributed by atoms with Crippen molar-refractivity contribution in [1.29, 1.82) is 0 Å². The van der Waals surface area contributed by atoms with Gasteiger partial charge in [-0.2, -0.15) is 0 Å². The van der Waals surface area contributed by atoms with Crippen molar-refractivity contribution in [3.05, 3.63) is 59.8 Å². The second kappa shape index (κ2) is 18.0. The number of hydrogen-bond acceptors (Lipinski definition) is 12. The second-order valence-corrected chi connectivity index (χ2v) is 9.74. The number of esters is 4. The molecule has 1 heterocycles. The molecule has 12 heteroatoms. The van der Waals surface area contributed by atoms with Crippen LogP contribution in [0.2, 0.25) is 0 Å². The lowest BCUT2D eigenvalue weighted by molar-refractivity contribution is -0.144. The van der Waals surface area contributed by atoms with Crippen LogP contribution in [0.1, 0.15) is 39.0 Å². The zero-order valence-electron chi connectivity index (χ0n) is 26.9. The van der Waals surface area contributed by atoms with E-state index in [1.807, 2.05) is 24.3 Å². The van der Waals surface area contributed by atoms with Gasteiger partial charge in [0.15, 0.2) is 0 Å². The van der Waals surface area contributed by atoms with Crippen LogP contribution < -0.4 is 14.5 Å². The third-order valence-electron chi connectivity index (χ3n) is 6.59. The van der Waals surface area contributed by atoms with E-state index in [0.717, 1.165) is 5.39 Å².